The van der Waals surface area contributed by atoms with Crippen LogP contribution in [0.25, 0.3) is 0 Å². The molecule has 112 valence electrons. The van der Waals surface area contributed by atoms with Crippen LogP contribution in [0.1, 0.15) is 11.1 Å². The molecule has 0 aliphatic carbocycles. The summed E-state index contributed by atoms with van der Waals surface area (Å²) in [4.78, 5) is 0. The fourth-order valence-corrected chi connectivity index (χ4v) is 2.58. The standard InChI is InChI=1S/C16H17Cl2NO2/c1-20-14-4-2-11(3-5-14)6-7-21-16-12(10-19)8-13(17)9-15(16)18/h2-5,8-9H,6-7,10,19H2,1H3. The van der Waals surface area contributed by atoms with Gasteiger partial charge in [0, 0.05) is 23.6 Å². The monoisotopic (exact) mass is 325 g/mol. The van der Waals surface area contributed by atoms with Gasteiger partial charge in [0.05, 0.1) is 18.7 Å². The Morgan fingerprint density at radius 3 is 2.43 bits per heavy atom. The number of benzene rings is 2. The fourth-order valence-electron chi connectivity index (χ4n) is 1.99. The molecular weight excluding hydrogens is 309 g/mol. The lowest BCUT2D eigenvalue weighted by molar-refractivity contribution is 0.319. The van der Waals surface area contributed by atoms with Crippen molar-refractivity contribution < 1.29 is 9.47 Å². The van der Waals surface area contributed by atoms with Crippen LogP contribution in [0.2, 0.25) is 10.0 Å². The summed E-state index contributed by atoms with van der Waals surface area (Å²) < 4.78 is 10.9. The predicted molar refractivity (Wildman–Crippen MR) is 86.5 cm³/mol. The van der Waals surface area contributed by atoms with Crippen LogP contribution < -0.4 is 15.2 Å². The Labute approximate surface area is 134 Å². The topological polar surface area (TPSA) is 44.5 Å². The summed E-state index contributed by atoms with van der Waals surface area (Å²) >= 11 is 12.1. The second-order valence-electron chi connectivity index (χ2n) is 4.53. The highest BCUT2D eigenvalue weighted by molar-refractivity contribution is 6.35. The van der Waals surface area contributed by atoms with Gasteiger partial charge in [0.25, 0.3) is 0 Å². The molecule has 2 rings (SSSR count). The molecule has 0 aliphatic heterocycles. The maximum absolute atomic E-state index is 6.15. The number of hydrogen-bond acceptors (Lipinski definition) is 3. The van der Waals surface area contributed by atoms with Gasteiger partial charge < -0.3 is 15.2 Å². The van der Waals surface area contributed by atoms with Gasteiger partial charge in [-0.1, -0.05) is 35.3 Å². The van der Waals surface area contributed by atoms with Crippen molar-refractivity contribution in [1.82, 2.24) is 0 Å². The van der Waals surface area contributed by atoms with Crippen molar-refractivity contribution in [3.05, 3.63) is 57.6 Å². The van der Waals surface area contributed by atoms with Gasteiger partial charge in [-0.05, 0) is 29.8 Å². The quantitative estimate of drug-likeness (QED) is 0.870. The van der Waals surface area contributed by atoms with E-state index in [0.29, 0.717) is 28.9 Å². The average Bonchev–Trinajstić information content (AvgIpc) is 2.49. The molecule has 0 unspecified atom stereocenters. The normalized spacial score (nSPS) is 10.5. The van der Waals surface area contributed by atoms with E-state index in [9.17, 15) is 0 Å². The zero-order chi connectivity index (χ0) is 15.2. The van der Waals surface area contributed by atoms with E-state index in [-0.39, 0.29) is 0 Å². The molecule has 0 saturated heterocycles. The van der Waals surface area contributed by atoms with Gasteiger partial charge >= 0.3 is 0 Å². The molecule has 2 aromatic carbocycles. The third kappa shape index (κ3) is 4.27. The minimum atomic E-state index is 0.331. The SMILES string of the molecule is COc1ccc(CCOc2c(Cl)cc(Cl)cc2CN)cc1. The highest BCUT2D eigenvalue weighted by Gasteiger charge is 2.09. The Morgan fingerprint density at radius 2 is 1.81 bits per heavy atom. The molecule has 0 fully saturated rings. The first-order valence-corrected chi connectivity index (χ1v) is 7.33. The van der Waals surface area contributed by atoms with Crippen LogP contribution in [0.5, 0.6) is 11.5 Å². The maximum atomic E-state index is 6.15. The molecule has 21 heavy (non-hydrogen) atoms. The third-order valence-electron chi connectivity index (χ3n) is 3.10. The highest BCUT2D eigenvalue weighted by atomic mass is 35.5. The molecule has 0 aromatic heterocycles. The average molecular weight is 326 g/mol. The minimum absolute atomic E-state index is 0.331. The van der Waals surface area contributed by atoms with E-state index in [0.717, 1.165) is 23.3 Å². The number of ether oxygens (including phenoxy) is 2. The van der Waals surface area contributed by atoms with E-state index in [1.807, 2.05) is 24.3 Å². The number of nitrogens with two attached hydrogens (primary N) is 1. The van der Waals surface area contributed by atoms with Crippen molar-refractivity contribution >= 4 is 23.2 Å². The van der Waals surface area contributed by atoms with Crippen molar-refractivity contribution in [1.29, 1.82) is 0 Å². The largest absolute Gasteiger partial charge is 0.497 e. The first kappa shape index (κ1) is 16.0. The molecule has 0 saturated carbocycles. The number of methoxy groups -OCH3 is 1. The van der Waals surface area contributed by atoms with Gasteiger partial charge in [-0.15, -0.1) is 0 Å². The van der Waals surface area contributed by atoms with E-state index in [2.05, 4.69) is 0 Å². The van der Waals surface area contributed by atoms with E-state index >= 15 is 0 Å². The van der Waals surface area contributed by atoms with Crippen LogP contribution in [0.3, 0.4) is 0 Å². The lowest BCUT2D eigenvalue weighted by Gasteiger charge is -2.13. The van der Waals surface area contributed by atoms with Crippen molar-refractivity contribution in [2.45, 2.75) is 13.0 Å². The smallest absolute Gasteiger partial charge is 0.142 e. The van der Waals surface area contributed by atoms with E-state index in [4.69, 9.17) is 38.4 Å². The lowest BCUT2D eigenvalue weighted by atomic mass is 10.1. The van der Waals surface area contributed by atoms with Crippen LogP contribution in [-0.4, -0.2) is 13.7 Å². The first-order valence-electron chi connectivity index (χ1n) is 6.57. The van der Waals surface area contributed by atoms with Crippen molar-refractivity contribution in [2.24, 2.45) is 5.73 Å². The molecule has 0 amide bonds. The summed E-state index contributed by atoms with van der Waals surface area (Å²) in [7, 11) is 1.65. The van der Waals surface area contributed by atoms with Crippen LogP contribution in [-0.2, 0) is 13.0 Å². The molecule has 2 N–H and O–H groups in total. The molecular formula is C16H17Cl2NO2. The molecule has 0 atom stereocenters. The van der Waals surface area contributed by atoms with Gasteiger partial charge in [-0.2, -0.15) is 0 Å². The minimum Gasteiger partial charge on any atom is -0.497 e. The molecule has 0 bridgehead atoms. The molecule has 5 heteroatoms. The number of hydrogen-bond donors (Lipinski definition) is 1. The second kappa shape index (κ2) is 7.55. The van der Waals surface area contributed by atoms with Gasteiger partial charge in [-0.25, -0.2) is 0 Å². The molecule has 0 aliphatic rings. The summed E-state index contributed by atoms with van der Waals surface area (Å²) in [5, 5.41) is 1.04. The van der Waals surface area contributed by atoms with Crippen LogP contribution in [0, 0.1) is 0 Å². The number of rotatable bonds is 6. The van der Waals surface area contributed by atoms with E-state index in [1.54, 1.807) is 19.2 Å². The van der Waals surface area contributed by atoms with Gasteiger partial charge in [0.1, 0.15) is 11.5 Å². The zero-order valence-electron chi connectivity index (χ0n) is 11.7. The van der Waals surface area contributed by atoms with Crippen LogP contribution in [0.15, 0.2) is 36.4 Å². The fraction of sp³-hybridized carbons (Fsp3) is 0.250. The summed E-state index contributed by atoms with van der Waals surface area (Å²) in [5.74, 6) is 1.45. The second-order valence-corrected chi connectivity index (χ2v) is 5.37. The summed E-state index contributed by atoms with van der Waals surface area (Å²) in [5.41, 5.74) is 7.66. The molecule has 3 nitrogen and oxygen atoms in total. The highest BCUT2D eigenvalue weighted by Crippen LogP contribution is 2.32. The molecule has 0 spiro atoms. The maximum Gasteiger partial charge on any atom is 0.142 e. The lowest BCUT2D eigenvalue weighted by Crippen LogP contribution is -2.06. The van der Waals surface area contributed by atoms with Gasteiger partial charge in [-0.3, -0.25) is 0 Å². The Balaban J connectivity index is 1.99. The Morgan fingerprint density at radius 1 is 1.10 bits per heavy atom. The summed E-state index contributed by atoms with van der Waals surface area (Å²) in [6.45, 7) is 0.846. The van der Waals surface area contributed by atoms with Crippen molar-refractivity contribution in [3.8, 4) is 11.5 Å². The predicted octanol–water partition coefficient (Wildman–Crippen LogP) is 4.08. The zero-order valence-corrected chi connectivity index (χ0v) is 13.2. The Kier molecular flexibility index (Phi) is 5.74. The summed E-state index contributed by atoms with van der Waals surface area (Å²) in [6.07, 6.45) is 0.771. The van der Waals surface area contributed by atoms with Crippen LogP contribution in [0.4, 0.5) is 0 Å². The van der Waals surface area contributed by atoms with Gasteiger partial charge in [0.2, 0.25) is 0 Å². The van der Waals surface area contributed by atoms with Crippen molar-refractivity contribution in [2.75, 3.05) is 13.7 Å². The molecule has 0 heterocycles. The number of halogens is 2. The molecule has 2 aromatic rings. The van der Waals surface area contributed by atoms with E-state index < -0.39 is 0 Å². The summed E-state index contributed by atoms with van der Waals surface area (Å²) in [6, 6.07) is 11.3. The van der Waals surface area contributed by atoms with Crippen LogP contribution >= 0.6 is 23.2 Å². The van der Waals surface area contributed by atoms with Gasteiger partial charge in [0.15, 0.2) is 0 Å². The van der Waals surface area contributed by atoms with Crippen molar-refractivity contribution in [3.63, 3.8) is 0 Å². The Hall–Kier alpha value is -1.42. The first-order chi connectivity index (χ1) is 10.1. The Bertz CT molecular complexity index is 600. The van der Waals surface area contributed by atoms with E-state index in [1.165, 1.54) is 0 Å². The molecule has 0 radical (unpaired) electrons. The third-order valence-corrected chi connectivity index (χ3v) is 3.60.